The van der Waals surface area contributed by atoms with Gasteiger partial charge in [-0.05, 0) is 6.07 Å². The molecule has 2 aromatic heterocycles. The van der Waals surface area contributed by atoms with Gasteiger partial charge in [0.2, 0.25) is 0 Å². The summed E-state index contributed by atoms with van der Waals surface area (Å²) in [6.07, 6.45) is 0. The Hall–Kier alpha value is -1.80. The predicted octanol–water partition coefficient (Wildman–Crippen LogP) is 1.20. The smallest absolute Gasteiger partial charge is 0.324 e. The molecule has 0 radical (unpaired) electrons. The second-order valence-corrected chi connectivity index (χ2v) is 3.63. The van der Waals surface area contributed by atoms with Crippen LogP contribution in [0.25, 0.3) is 10.8 Å². The van der Waals surface area contributed by atoms with Crippen molar-refractivity contribution < 1.29 is 14.6 Å². The van der Waals surface area contributed by atoms with E-state index >= 15 is 0 Å². The van der Waals surface area contributed by atoms with Crippen LogP contribution in [0.4, 0.5) is 5.00 Å². The van der Waals surface area contributed by atoms with Gasteiger partial charge in [-0.1, -0.05) is 16.5 Å². The molecule has 0 amide bonds. The molecule has 78 valence electrons. The summed E-state index contributed by atoms with van der Waals surface area (Å²) < 4.78 is 4.80. The third-order valence-corrected chi connectivity index (χ3v) is 2.62. The van der Waals surface area contributed by atoms with Crippen molar-refractivity contribution in [2.24, 2.45) is 0 Å². The molecule has 0 bridgehead atoms. The summed E-state index contributed by atoms with van der Waals surface area (Å²) in [6, 6.07) is 2.89. The molecule has 7 nitrogen and oxygen atoms in total. The lowest BCUT2D eigenvalue weighted by atomic mass is 10.4. The number of aliphatic hydroxyl groups is 1. The molecule has 0 aromatic carbocycles. The van der Waals surface area contributed by atoms with Gasteiger partial charge in [0.15, 0.2) is 5.82 Å². The van der Waals surface area contributed by atoms with Crippen LogP contribution in [0, 0.1) is 10.1 Å². The molecule has 0 aliphatic rings. The zero-order valence-corrected chi connectivity index (χ0v) is 8.10. The zero-order valence-electron chi connectivity index (χ0n) is 7.28. The Morgan fingerprint density at radius 2 is 2.40 bits per heavy atom. The largest absolute Gasteiger partial charge is 0.388 e. The lowest BCUT2D eigenvalue weighted by Gasteiger charge is -1.82. The Labute approximate surface area is 87.1 Å². The maximum Gasteiger partial charge on any atom is 0.324 e. The summed E-state index contributed by atoms with van der Waals surface area (Å²) in [7, 11) is 0. The highest BCUT2D eigenvalue weighted by molar-refractivity contribution is 7.18. The highest BCUT2D eigenvalue weighted by Gasteiger charge is 2.15. The first-order valence-corrected chi connectivity index (χ1v) is 4.70. The van der Waals surface area contributed by atoms with E-state index in [4.69, 9.17) is 9.63 Å². The average molecular weight is 227 g/mol. The molecule has 0 atom stereocenters. The summed E-state index contributed by atoms with van der Waals surface area (Å²) in [4.78, 5) is 14.3. The van der Waals surface area contributed by atoms with E-state index in [0.717, 1.165) is 11.3 Å². The van der Waals surface area contributed by atoms with E-state index in [2.05, 4.69) is 10.1 Å². The quantitative estimate of drug-likeness (QED) is 0.624. The van der Waals surface area contributed by atoms with Gasteiger partial charge >= 0.3 is 5.00 Å². The van der Waals surface area contributed by atoms with E-state index in [-0.39, 0.29) is 23.3 Å². The standard InChI is InChI=1S/C7H5N3O4S/c11-3-5-8-7(14-9-5)4-1-2-6(15-4)10(12)13/h1-2,11H,3H2. The summed E-state index contributed by atoms with van der Waals surface area (Å²) in [5.74, 6) is 0.332. The third kappa shape index (κ3) is 1.85. The van der Waals surface area contributed by atoms with Crippen molar-refractivity contribution in [2.75, 3.05) is 0 Å². The van der Waals surface area contributed by atoms with Gasteiger partial charge in [0, 0.05) is 6.07 Å². The Bertz CT molecular complexity index is 492. The van der Waals surface area contributed by atoms with Crippen molar-refractivity contribution in [3.8, 4) is 10.8 Å². The van der Waals surface area contributed by atoms with Crippen LogP contribution in [0.1, 0.15) is 5.82 Å². The summed E-state index contributed by atoms with van der Waals surface area (Å²) in [6.45, 7) is -0.322. The number of rotatable bonds is 3. The van der Waals surface area contributed by atoms with Crippen molar-refractivity contribution in [1.82, 2.24) is 10.1 Å². The lowest BCUT2D eigenvalue weighted by Crippen LogP contribution is -1.83. The summed E-state index contributed by atoms with van der Waals surface area (Å²) >= 11 is 0.941. The molecule has 15 heavy (non-hydrogen) atoms. The average Bonchev–Trinajstić information content (AvgIpc) is 2.86. The number of nitrogens with zero attached hydrogens (tertiary/aromatic N) is 3. The molecule has 0 saturated heterocycles. The third-order valence-electron chi connectivity index (χ3n) is 1.59. The number of aliphatic hydroxyl groups excluding tert-OH is 1. The minimum atomic E-state index is -0.489. The molecule has 2 rings (SSSR count). The fraction of sp³-hybridized carbons (Fsp3) is 0.143. The highest BCUT2D eigenvalue weighted by atomic mass is 32.1. The van der Waals surface area contributed by atoms with Crippen LogP contribution in [-0.4, -0.2) is 20.2 Å². The van der Waals surface area contributed by atoms with Crippen LogP contribution < -0.4 is 0 Å². The van der Waals surface area contributed by atoms with Crippen molar-refractivity contribution >= 4 is 16.3 Å². The molecule has 0 unspecified atom stereocenters. The highest BCUT2D eigenvalue weighted by Crippen LogP contribution is 2.31. The summed E-state index contributed by atoms with van der Waals surface area (Å²) in [5, 5.41) is 22.6. The number of thiophene rings is 1. The van der Waals surface area contributed by atoms with Gasteiger partial charge in [-0.25, -0.2) is 0 Å². The van der Waals surface area contributed by atoms with E-state index in [1.165, 1.54) is 12.1 Å². The summed E-state index contributed by atoms with van der Waals surface area (Å²) in [5.41, 5.74) is 0. The second kappa shape index (κ2) is 3.75. The number of hydrogen-bond acceptors (Lipinski definition) is 7. The van der Waals surface area contributed by atoms with E-state index < -0.39 is 4.92 Å². The first kappa shape index (κ1) is 9.74. The topological polar surface area (TPSA) is 102 Å². The van der Waals surface area contributed by atoms with Crippen LogP contribution >= 0.6 is 11.3 Å². The fourth-order valence-corrected chi connectivity index (χ4v) is 1.70. The molecule has 2 aromatic rings. The molecule has 2 heterocycles. The molecule has 8 heteroatoms. The molecule has 0 saturated carbocycles. The van der Waals surface area contributed by atoms with Crippen LogP contribution in [-0.2, 0) is 6.61 Å². The van der Waals surface area contributed by atoms with Gasteiger partial charge in [0.1, 0.15) is 6.61 Å². The SMILES string of the molecule is O=[N+]([O-])c1ccc(-c2nc(CO)no2)s1. The molecule has 0 aliphatic carbocycles. The molecular formula is C7H5N3O4S. The second-order valence-electron chi connectivity index (χ2n) is 2.57. The Morgan fingerprint density at radius 1 is 1.60 bits per heavy atom. The van der Waals surface area contributed by atoms with Crippen LogP contribution in [0.2, 0.25) is 0 Å². The minimum Gasteiger partial charge on any atom is -0.388 e. The minimum absolute atomic E-state index is 0.00810. The van der Waals surface area contributed by atoms with Crippen LogP contribution in [0.15, 0.2) is 16.7 Å². The van der Waals surface area contributed by atoms with E-state index in [0.29, 0.717) is 4.88 Å². The first-order chi connectivity index (χ1) is 7.20. The Kier molecular flexibility index (Phi) is 2.44. The monoisotopic (exact) mass is 227 g/mol. The predicted molar refractivity (Wildman–Crippen MR) is 50.2 cm³/mol. The number of nitro groups is 1. The van der Waals surface area contributed by atoms with E-state index in [1.54, 1.807) is 0 Å². The van der Waals surface area contributed by atoms with Crippen molar-refractivity contribution in [3.63, 3.8) is 0 Å². The van der Waals surface area contributed by atoms with Gasteiger partial charge in [-0.3, -0.25) is 10.1 Å². The Balaban J connectivity index is 2.32. The van der Waals surface area contributed by atoms with Crippen molar-refractivity contribution in [2.45, 2.75) is 6.61 Å². The number of hydrogen-bond donors (Lipinski definition) is 1. The Morgan fingerprint density at radius 3 is 2.93 bits per heavy atom. The lowest BCUT2D eigenvalue weighted by molar-refractivity contribution is -0.380. The van der Waals surface area contributed by atoms with Gasteiger partial charge in [0.05, 0.1) is 9.80 Å². The molecule has 0 fully saturated rings. The fourth-order valence-electron chi connectivity index (χ4n) is 0.959. The van der Waals surface area contributed by atoms with Gasteiger partial charge < -0.3 is 9.63 Å². The molecule has 0 spiro atoms. The number of aromatic nitrogens is 2. The van der Waals surface area contributed by atoms with Crippen molar-refractivity contribution in [1.29, 1.82) is 0 Å². The van der Waals surface area contributed by atoms with Crippen LogP contribution in [0.3, 0.4) is 0 Å². The zero-order chi connectivity index (χ0) is 10.8. The van der Waals surface area contributed by atoms with Gasteiger partial charge in [0.25, 0.3) is 5.89 Å². The molecule has 0 aliphatic heterocycles. The van der Waals surface area contributed by atoms with Crippen molar-refractivity contribution in [3.05, 3.63) is 28.1 Å². The van der Waals surface area contributed by atoms with E-state index in [9.17, 15) is 10.1 Å². The van der Waals surface area contributed by atoms with Gasteiger partial charge in [-0.15, -0.1) is 0 Å². The molecular weight excluding hydrogens is 222 g/mol. The molecule has 1 N–H and O–H groups in total. The van der Waals surface area contributed by atoms with Crippen LogP contribution in [0.5, 0.6) is 0 Å². The van der Waals surface area contributed by atoms with E-state index in [1.807, 2.05) is 0 Å². The maximum absolute atomic E-state index is 10.4. The van der Waals surface area contributed by atoms with Gasteiger partial charge in [-0.2, -0.15) is 4.98 Å². The maximum atomic E-state index is 10.4. The first-order valence-electron chi connectivity index (χ1n) is 3.88. The normalized spacial score (nSPS) is 10.5.